The molecular weight excluding hydrogens is 288 g/mol. The fourth-order valence-electron chi connectivity index (χ4n) is 2.31. The molecule has 21 heavy (non-hydrogen) atoms. The number of aromatic amines is 1. The van der Waals surface area contributed by atoms with Crippen LogP contribution in [-0.4, -0.2) is 20.8 Å². The Morgan fingerprint density at radius 2 is 2.19 bits per heavy atom. The van der Waals surface area contributed by atoms with Gasteiger partial charge in [0.1, 0.15) is 5.75 Å². The number of fused-ring (bicyclic) bond motifs is 1. The number of rotatable bonds is 2. The van der Waals surface area contributed by atoms with Gasteiger partial charge in [-0.15, -0.1) is 11.8 Å². The van der Waals surface area contributed by atoms with Crippen LogP contribution in [0.5, 0.6) is 11.6 Å². The molecule has 2 N–H and O–H groups in total. The molecule has 0 aliphatic carbocycles. The van der Waals surface area contributed by atoms with Crippen LogP contribution in [0.15, 0.2) is 34.0 Å². The fourth-order valence-corrected chi connectivity index (χ4v) is 3.30. The minimum absolute atomic E-state index is 0.0855. The third-order valence-corrected chi connectivity index (χ3v) is 4.46. The van der Waals surface area contributed by atoms with E-state index in [1.165, 1.54) is 0 Å². The SMILES string of the molecule is CC(C)c1c(O)nc(C2CSc3ccccc3O2)[nH]c1=O. The van der Waals surface area contributed by atoms with Gasteiger partial charge in [0, 0.05) is 10.6 Å². The molecule has 0 bridgehead atoms. The van der Waals surface area contributed by atoms with E-state index >= 15 is 0 Å². The predicted molar refractivity (Wildman–Crippen MR) is 81.1 cm³/mol. The van der Waals surface area contributed by atoms with Crippen LogP contribution < -0.4 is 10.3 Å². The van der Waals surface area contributed by atoms with Crippen LogP contribution in [-0.2, 0) is 0 Å². The topological polar surface area (TPSA) is 75.2 Å². The summed E-state index contributed by atoms with van der Waals surface area (Å²) in [5.41, 5.74) is 0.00238. The van der Waals surface area contributed by atoms with Gasteiger partial charge in [0.05, 0.1) is 5.56 Å². The van der Waals surface area contributed by atoms with Crippen molar-refractivity contribution in [3.05, 3.63) is 46.0 Å². The van der Waals surface area contributed by atoms with Gasteiger partial charge in [-0.2, -0.15) is 4.98 Å². The van der Waals surface area contributed by atoms with Crippen LogP contribution in [0.25, 0.3) is 0 Å². The highest BCUT2D eigenvalue weighted by atomic mass is 32.2. The zero-order chi connectivity index (χ0) is 15.0. The molecule has 1 aliphatic heterocycles. The van der Waals surface area contributed by atoms with Crippen LogP contribution in [0.3, 0.4) is 0 Å². The Labute approximate surface area is 126 Å². The van der Waals surface area contributed by atoms with Crippen molar-refractivity contribution in [3.63, 3.8) is 0 Å². The molecule has 1 aromatic heterocycles. The molecule has 2 heterocycles. The van der Waals surface area contributed by atoms with E-state index in [1.54, 1.807) is 11.8 Å². The van der Waals surface area contributed by atoms with Crippen LogP contribution in [0.1, 0.15) is 37.3 Å². The highest BCUT2D eigenvalue weighted by Gasteiger charge is 2.25. The Hall–Kier alpha value is -1.95. The number of thioether (sulfide) groups is 1. The van der Waals surface area contributed by atoms with Crippen molar-refractivity contribution < 1.29 is 9.84 Å². The third-order valence-electron chi connectivity index (χ3n) is 3.34. The van der Waals surface area contributed by atoms with E-state index < -0.39 is 0 Å². The van der Waals surface area contributed by atoms with E-state index in [4.69, 9.17) is 4.74 Å². The lowest BCUT2D eigenvalue weighted by molar-refractivity contribution is 0.208. The molecule has 110 valence electrons. The second-order valence-corrected chi connectivity index (χ2v) is 6.27. The summed E-state index contributed by atoms with van der Waals surface area (Å²) in [5, 5.41) is 9.98. The second-order valence-electron chi connectivity index (χ2n) is 5.21. The summed E-state index contributed by atoms with van der Waals surface area (Å²) >= 11 is 1.65. The van der Waals surface area contributed by atoms with Gasteiger partial charge in [0.2, 0.25) is 5.88 Å². The van der Waals surface area contributed by atoms with Crippen molar-refractivity contribution in [1.29, 1.82) is 0 Å². The smallest absolute Gasteiger partial charge is 0.258 e. The van der Waals surface area contributed by atoms with Crippen LogP contribution >= 0.6 is 11.8 Å². The molecule has 1 atom stereocenters. The average Bonchev–Trinajstić information content (AvgIpc) is 2.45. The fraction of sp³-hybridized carbons (Fsp3) is 0.333. The molecule has 0 saturated heterocycles. The summed E-state index contributed by atoms with van der Waals surface area (Å²) in [5.74, 6) is 1.48. The van der Waals surface area contributed by atoms with Gasteiger partial charge in [-0.3, -0.25) is 4.79 Å². The molecule has 2 aromatic rings. The van der Waals surface area contributed by atoms with E-state index in [9.17, 15) is 9.90 Å². The summed E-state index contributed by atoms with van der Waals surface area (Å²) in [6, 6.07) is 7.73. The molecule has 0 spiro atoms. The molecule has 6 heteroatoms. The third kappa shape index (κ3) is 2.63. The number of aromatic nitrogens is 2. The Morgan fingerprint density at radius 1 is 1.43 bits per heavy atom. The standard InChI is InChI=1S/C15H16N2O3S/c1-8(2)12-14(18)16-13(17-15(12)19)10-7-21-11-6-4-3-5-9(11)20-10/h3-6,8,10H,7H2,1-2H3,(H2,16,17,18,19). The summed E-state index contributed by atoms with van der Waals surface area (Å²) in [6.07, 6.45) is -0.371. The molecule has 5 nitrogen and oxygen atoms in total. The number of H-pyrrole nitrogens is 1. The van der Waals surface area contributed by atoms with Crippen molar-refractivity contribution >= 4 is 11.8 Å². The first-order chi connectivity index (χ1) is 10.1. The van der Waals surface area contributed by atoms with E-state index in [0.717, 1.165) is 10.6 Å². The van der Waals surface area contributed by atoms with Gasteiger partial charge < -0.3 is 14.8 Å². The lowest BCUT2D eigenvalue weighted by Gasteiger charge is -2.25. The summed E-state index contributed by atoms with van der Waals surface area (Å²) in [7, 11) is 0. The quantitative estimate of drug-likeness (QED) is 0.892. The summed E-state index contributed by atoms with van der Waals surface area (Å²) in [4.78, 5) is 20.0. The van der Waals surface area contributed by atoms with Gasteiger partial charge in [0.25, 0.3) is 5.56 Å². The van der Waals surface area contributed by atoms with Gasteiger partial charge in [0.15, 0.2) is 11.9 Å². The van der Waals surface area contributed by atoms with Crippen LogP contribution in [0.4, 0.5) is 0 Å². The van der Waals surface area contributed by atoms with E-state index in [2.05, 4.69) is 9.97 Å². The normalized spacial score (nSPS) is 17.4. The Morgan fingerprint density at radius 3 is 2.90 bits per heavy atom. The number of hydrogen-bond acceptors (Lipinski definition) is 5. The van der Waals surface area contributed by atoms with Gasteiger partial charge >= 0.3 is 0 Å². The first kappa shape index (κ1) is 14.0. The lowest BCUT2D eigenvalue weighted by Crippen LogP contribution is -2.24. The molecule has 1 aromatic carbocycles. The maximum absolute atomic E-state index is 12.1. The number of hydrogen-bond donors (Lipinski definition) is 2. The lowest BCUT2D eigenvalue weighted by atomic mass is 10.1. The monoisotopic (exact) mass is 304 g/mol. The number of nitrogens with zero attached hydrogens (tertiary/aromatic N) is 1. The molecule has 3 rings (SSSR count). The maximum Gasteiger partial charge on any atom is 0.258 e. The minimum Gasteiger partial charge on any atom is -0.493 e. The van der Waals surface area contributed by atoms with Crippen molar-refractivity contribution in [2.24, 2.45) is 0 Å². The number of nitrogens with one attached hydrogen (secondary N) is 1. The molecule has 0 fully saturated rings. The molecule has 0 amide bonds. The van der Waals surface area contributed by atoms with Crippen molar-refractivity contribution in [2.45, 2.75) is 30.8 Å². The number of ether oxygens (including phenoxy) is 1. The highest BCUT2D eigenvalue weighted by Crippen LogP contribution is 2.39. The summed E-state index contributed by atoms with van der Waals surface area (Å²) < 4.78 is 5.86. The Kier molecular flexibility index (Phi) is 3.63. The minimum atomic E-state index is -0.371. The molecule has 0 radical (unpaired) electrons. The number of para-hydroxylation sites is 1. The van der Waals surface area contributed by atoms with E-state index in [0.29, 0.717) is 17.1 Å². The zero-order valence-electron chi connectivity index (χ0n) is 11.8. The van der Waals surface area contributed by atoms with Crippen molar-refractivity contribution in [2.75, 3.05) is 5.75 Å². The van der Waals surface area contributed by atoms with E-state index in [1.807, 2.05) is 38.1 Å². The molecule has 1 unspecified atom stereocenters. The van der Waals surface area contributed by atoms with Gasteiger partial charge in [-0.1, -0.05) is 26.0 Å². The average molecular weight is 304 g/mol. The van der Waals surface area contributed by atoms with E-state index in [-0.39, 0.29) is 23.5 Å². The Balaban J connectivity index is 1.94. The Bertz CT molecular complexity index is 727. The molecule has 1 aliphatic rings. The van der Waals surface area contributed by atoms with Crippen molar-refractivity contribution in [1.82, 2.24) is 9.97 Å². The predicted octanol–water partition coefficient (Wildman–Crippen LogP) is 2.82. The van der Waals surface area contributed by atoms with Crippen molar-refractivity contribution in [3.8, 4) is 11.6 Å². The molecule has 0 saturated carbocycles. The van der Waals surface area contributed by atoms with Gasteiger partial charge in [-0.25, -0.2) is 0 Å². The molecular formula is C15H16N2O3S. The first-order valence-corrected chi connectivity index (χ1v) is 7.76. The van der Waals surface area contributed by atoms with Crippen LogP contribution in [0.2, 0.25) is 0 Å². The number of aromatic hydroxyl groups is 1. The second kappa shape index (κ2) is 5.44. The van der Waals surface area contributed by atoms with Crippen LogP contribution in [0, 0.1) is 0 Å². The zero-order valence-corrected chi connectivity index (χ0v) is 12.6. The van der Waals surface area contributed by atoms with Gasteiger partial charge in [-0.05, 0) is 18.1 Å². The summed E-state index contributed by atoms with van der Waals surface area (Å²) in [6.45, 7) is 3.68. The first-order valence-electron chi connectivity index (χ1n) is 6.78. The largest absolute Gasteiger partial charge is 0.493 e. The maximum atomic E-state index is 12.1. The highest BCUT2D eigenvalue weighted by molar-refractivity contribution is 7.99. The number of benzene rings is 1.